The van der Waals surface area contributed by atoms with Crippen molar-refractivity contribution in [2.75, 3.05) is 0 Å². The lowest BCUT2D eigenvalue weighted by Gasteiger charge is -2.19. The Labute approximate surface area is 180 Å². The summed E-state index contributed by atoms with van der Waals surface area (Å²) in [6.45, 7) is 6.28. The first-order chi connectivity index (χ1) is 14.9. The fourth-order valence-corrected chi connectivity index (χ4v) is 3.64. The molecule has 0 aliphatic carbocycles. The van der Waals surface area contributed by atoms with E-state index >= 15 is 0 Å². The second-order valence-corrected chi connectivity index (χ2v) is 7.58. The van der Waals surface area contributed by atoms with Crippen molar-refractivity contribution in [3.63, 3.8) is 0 Å². The van der Waals surface area contributed by atoms with E-state index in [4.69, 9.17) is 4.74 Å². The summed E-state index contributed by atoms with van der Waals surface area (Å²) in [5, 5.41) is 12.4. The SMILES string of the molecule is Cc1cc(-c2ncccc2C#N)c(C)cc1OCc1c(C)cccc1-n1[nH]n(C)c1=O. The monoisotopic (exact) mass is 413 g/mol. The molecule has 0 saturated heterocycles. The molecule has 7 nitrogen and oxygen atoms in total. The number of nitrogens with one attached hydrogen (secondary N) is 1. The largest absolute Gasteiger partial charge is 0.489 e. The highest BCUT2D eigenvalue weighted by Crippen LogP contribution is 2.31. The van der Waals surface area contributed by atoms with Crippen molar-refractivity contribution >= 4 is 0 Å². The van der Waals surface area contributed by atoms with Crippen LogP contribution in [0.5, 0.6) is 5.75 Å². The lowest BCUT2D eigenvalue weighted by atomic mass is 9.98. The zero-order valence-electron chi connectivity index (χ0n) is 17.9. The molecule has 0 aliphatic rings. The third kappa shape index (κ3) is 3.64. The molecule has 0 aliphatic heterocycles. The Bertz CT molecular complexity index is 1370. The summed E-state index contributed by atoms with van der Waals surface area (Å²) in [6, 6.07) is 15.5. The summed E-state index contributed by atoms with van der Waals surface area (Å²) in [5.74, 6) is 0.755. The third-order valence-corrected chi connectivity index (χ3v) is 5.43. The van der Waals surface area contributed by atoms with Crippen molar-refractivity contribution < 1.29 is 4.74 Å². The molecule has 7 heteroatoms. The van der Waals surface area contributed by atoms with Crippen LogP contribution in [0.3, 0.4) is 0 Å². The van der Waals surface area contributed by atoms with Crippen molar-refractivity contribution in [2.45, 2.75) is 27.4 Å². The van der Waals surface area contributed by atoms with Crippen LogP contribution in [-0.4, -0.2) is 19.6 Å². The van der Waals surface area contributed by atoms with Crippen molar-refractivity contribution in [2.24, 2.45) is 7.05 Å². The molecule has 0 amide bonds. The highest BCUT2D eigenvalue weighted by Gasteiger charge is 2.16. The lowest BCUT2D eigenvalue weighted by Crippen LogP contribution is -2.40. The van der Waals surface area contributed by atoms with Gasteiger partial charge in [0, 0.05) is 24.4 Å². The molecular formula is C24H23N5O2. The van der Waals surface area contributed by atoms with Crippen LogP contribution in [-0.2, 0) is 13.7 Å². The van der Waals surface area contributed by atoms with E-state index in [1.165, 1.54) is 9.36 Å². The van der Waals surface area contributed by atoms with Gasteiger partial charge in [0.15, 0.2) is 0 Å². The first-order valence-corrected chi connectivity index (χ1v) is 9.93. The van der Waals surface area contributed by atoms with Gasteiger partial charge in [-0.3, -0.25) is 4.98 Å². The van der Waals surface area contributed by atoms with Crippen molar-refractivity contribution in [3.05, 3.63) is 87.0 Å². The average molecular weight is 413 g/mol. The Hall–Kier alpha value is -4.05. The van der Waals surface area contributed by atoms with Gasteiger partial charge in [-0.2, -0.15) is 9.94 Å². The molecule has 2 heterocycles. The Morgan fingerprint density at radius 3 is 2.61 bits per heavy atom. The standard InChI is InChI=1S/C24H23N5O2/c1-15-7-5-9-21(29-24(30)28(4)27-29)20(15)14-31-22-12-16(2)19(11-17(22)3)23-18(13-25)8-6-10-26-23/h5-12,27H,14H2,1-4H3. The molecule has 0 unspecified atom stereocenters. The van der Waals surface area contributed by atoms with E-state index < -0.39 is 0 Å². The average Bonchev–Trinajstić information content (AvgIpc) is 2.78. The van der Waals surface area contributed by atoms with Crippen molar-refractivity contribution in [3.8, 4) is 28.8 Å². The lowest BCUT2D eigenvalue weighted by molar-refractivity contribution is 0.301. The molecule has 0 atom stereocenters. The van der Waals surface area contributed by atoms with E-state index in [2.05, 4.69) is 16.3 Å². The van der Waals surface area contributed by atoms with Gasteiger partial charge in [0.1, 0.15) is 18.4 Å². The van der Waals surface area contributed by atoms with Gasteiger partial charge in [-0.15, -0.1) is 0 Å². The van der Waals surface area contributed by atoms with Crippen molar-refractivity contribution in [1.29, 1.82) is 5.26 Å². The quantitative estimate of drug-likeness (QED) is 0.537. The predicted molar refractivity (Wildman–Crippen MR) is 118 cm³/mol. The van der Waals surface area contributed by atoms with Gasteiger partial charge >= 0.3 is 5.69 Å². The molecule has 1 N–H and O–H groups in total. The first kappa shape index (κ1) is 20.2. The van der Waals surface area contributed by atoms with Crippen molar-refractivity contribution in [1.82, 2.24) is 19.6 Å². The number of nitrogens with zero attached hydrogens (tertiary/aromatic N) is 4. The summed E-state index contributed by atoms with van der Waals surface area (Å²) < 4.78 is 9.12. The number of pyridine rings is 1. The Morgan fingerprint density at radius 2 is 1.90 bits per heavy atom. The Balaban J connectivity index is 1.66. The van der Waals surface area contributed by atoms with Gasteiger partial charge in [-0.25, -0.2) is 14.7 Å². The molecule has 2 aromatic carbocycles. The Kier molecular flexibility index (Phi) is 5.22. The molecule has 4 aromatic rings. The molecule has 31 heavy (non-hydrogen) atoms. The summed E-state index contributed by atoms with van der Waals surface area (Å²) in [6.07, 6.45) is 1.69. The number of ether oxygens (including phenoxy) is 1. The maximum absolute atomic E-state index is 12.1. The molecule has 0 saturated carbocycles. The number of aryl methyl sites for hydroxylation is 4. The van der Waals surface area contributed by atoms with Crippen LogP contribution in [0, 0.1) is 32.1 Å². The van der Waals surface area contributed by atoms with Crippen LogP contribution in [0.4, 0.5) is 0 Å². The maximum atomic E-state index is 12.1. The summed E-state index contributed by atoms with van der Waals surface area (Å²) in [4.78, 5) is 16.5. The number of hydrogen-bond acceptors (Lipinski definition) is 4. The number of rotatable bonds is 5. The van der Waals surface area contributed by atoms with E-state index in [1.54, 1.807) is 25.4 Å². The molecule has 156 valence electrons. The van der Waals surface area contributed by atoms with E-state index in [-0.39, 0.29) is 5.69 Å². The maximum Gasteiger partial charge on any atom is 0.364 e. The normalized spacial score (nSPS) is 10.8. The second-order valence-electron chi connectivity index (χ2n) is 7.58. The molecular weight excluding hydrogens is 390 g/mol. The number of H-pyrrole nitrogens is 1. The van der Waals surface area contributed by atoms with Crippen LogP contribution in [0.1, 0.15) is 27.8 Å². The van der Waals surface area contributed by atoms with Gasteiger partial charge in [-0.1, -0.05) is 12.1 Å². The predicted octanol–water partition coefficient (Wildman–Crippen LogP) is 3.94. The van der Waals surface area contributed by atoms with Crippen LogP contribution in [0.2, 0.25) is 0 Å². The highest BCUT2D eigenvalue weighted by molar-refractivity contribution is 5.71. The molecule has 0 bridgehead atoms. The first-order valence-electron chi connectivity index (χ1n) is 9.93. The molecule has 0 spiro atoms. The number of hydrogen-bond donors (Lipinski definition) is 1. The summed E-state index contributed by atoms with van der Waals surface area (Å²) in [7, 11) is 1.68. The topological polar surface area (TPSA) is 88.6 Å². The van der Waals surface area contributed by atoms with Crippen LogP contribution in [0.15, 0.2) is 53.5 Å². The van der Waals surface area contributed by atoms with Gasteiger partial charge in [0.05, 0.1) is 16.9 Å². The fraction of sp³-hybridized carbons (Fsp3) is 0.208. The fourth-order valence-electron chi connectivity index (χ4n) is 3.64. The van der Waals surface area contributed by atoms with E-state index in [9.17, 15) is 10.1 Å². The van der Waals surface area contributed by atoms with E-state index in [0.29, 0.717) is 17.9 Å². The van der Waals surface area contributed by atoms with E-state index in [0.717, 1.165) is 39.3 Å². The number of nitriles is 1. The van der Waals surface area contributed by atoms with Crippen LogP contribution < -0.4 is 10.4 Å². The minimum absolute atomic E-state index is 0.119. The third-order valence-electron chi connectivity index (χ3n) is 5.43. The molecule has 4 rings (SSSR count). The second kappa shape index (κ2) is 8.00. The zero-order chi connectivity index (χ0) is 22.1. The van der Waals surface area contributed by atoms with Crippen LogP contribution in [0.25, 0.3) is 16.9 Å². The molecule has 0 radical (unpaired) electrons. The molecule has 0 fully saturated rings. The van der Waals surface area contributed by atoms with Gasteiger partial charge in [0.25, 0.3) is 0 Å². The number of benzene rings is 2. The van der Waals surface area contributed by atoms with Gasteiger partial charge in [0.2, 0.25) is 0 Å². The zero-order valence-corrected chi connectivity index (χ0v) is 17.9. The van der Waals surface area contributed by atoms with Gasteiger partial charge in [-0.05, 0) is 67.8 Å². The van der Waals surface area contributed by atoms with Crippen LogP contribution >= 0.6 is 0 Å². The summed E-state index contributed by atoms with van der Waals surface area (Å²) in [5.41, 5.74) is 6.69. The van der Waals surface area contributed by atoms with Gasteiger partial charge < -0.3 is 4.74 Å². The smallest absolute Gasteiger partial charge is 0.364 e. The summed E-state index contributed by atoms with van der Waals surface area (Å²) >= 11 is 0. The minimum atomic E-state index is -0.119. The Morgan fingerprint density at radius 1 is 1.10 bits per heavy atom. The van der Waals surface area contributed by atoms with E-state index in [1.807, 2.05) is 51.1 Å². The highest BCUT2D eigenvalue weighted by atomic mass is 16.5. The minimum Gasteiger partial charge on any atom is -0.489 e. The molecule has 2 aromatic heterocycles. The number of aromatic amines is 1. The number of aromatic nitrogens is 4.